The van der Waals surface area contributed by atoms with Gasteiger partial charge in [-0.1, -0.05) is 15.9 Å². The number of alkyl halides is 3. The summed E-state index contributed by atoms with van der Waals surface area (Å²) in [6, 6.07) is 4.26. The summed E-state index contributed by atoms with van der Waals surface area (Å²) >= 11 is 3.29. The van der Waals surface area contributed by atoms with Gasteiger partial charge in [0.25, 0.3) is 0 Å². The van der Waals surface area contributed by atoms with Crippen molar-refractivity contribution in [2.75, 3.05) is 11.9 Å². The van der Waals surface area contributed by atoms with Crippen LogP contribution >= 0.6 is 15.9 Å². The molecule has 19 heavy (non-hydrogen) atoms. The average molecular weight is 337 g/mol. The molecule has 0 fully saturated rings. The maximum Gasteiger partial charge on any atom is 0.387 e. The summed E-state index contributed by atoms with van der Waals surface area (Å²) in [6.07, 6.45) is 1.37. The zero-order chi connectivity index (χ0) is 14.3. The number of ether oxygens (including phenoxy) is 2. The number of rotatable bonds is 7. The Balaban J connectivity index is 2.98. The van der Waals surface area contributed by atoms with Gasteiger partial charge in [-0.2, -0.15) is 8.78 Å². The maximum absolute atomic E-state index is 12.2. The Morgan fingerprint density at radius 1 is 1.42 bits per heavy atom. The molecule has 0 aliphatic heterocycles. The molecule has 0 unspecified atom stereocenters. The van der Waals surface area contributed by atoms with Crippen molar-refractivity contribution >= 4 is 21.9 Å². The molecule has 0 radical (unpaired) electrons. The van der Waals surface area contributed by atoms with E-state index in [0.717, 1.165) is 11.8 Å². The summed E-state index contributed by atoms with van der Waals surface area (Å²) in [5.74, 6) is -0.400. The number of hydrogen-bond donors (Lipinski definition) is 0. The van der Waals surface area contributed by atoms with Gasteiger partial charge in [0.05, 0.1) is 12.2 Å². The van der Waals surface area contributed by atoms with Crippen molar-refractivity contribution < 1.29 is 23.0 Å². The Hall–Kier alpha value is -1.17. The van der Waals surface area contributed by atoms with Crippen LogP contribution in [0.4, 0.5) is 8.78 Å². The molecule has 1 rings (SSSR count). The average Bonchev–Trinajstić information content (AvgIpc) is 2.36. The predicted molar refractivity (Wildman–Crippen MR) is 71.1 cm³/mol. The van der Waals surface area contributed by atoms with E-state index in [1.807, 2.05) is 0 Å². The highest BCUT2D eigenvalue weighted by atomic mass is 79.9. The largest absolute Gasteiger partial charge is 0.462 e. The van der Waals surface area contributed by atoms with Crippen molar-refractivity contribution in [1.29, 1.82) is 0 Å². The van der Waals surface area contributed by atoms with Gasteiger partial charge in [-0.05, 0) is 43.5 Å². The van der Waals surface area contributed by atoms with E-state index in [2.05, 4.69) is 20.7 Å². The number of esters is 1. The molecule has 6 heteroatoms. The van der Waals surface area contributed by atoms with Gasteiger partial charge in [0.2, 0.25) is 0 Å². The van der Waals surface area contributed by atoms with Crippen LogP contribution in [0.1, 0.15) is 29.3 Å². The third-order valence-corrected chi connectivity index (χ3v) is 2.94. The second-order valence-corrected chi connectivity index (χ2v) is 4.50. The molecule has 0 spiro atoms. The Morgan fingerprint density at radius 2 is 2.16 bits per heavy atom. The van der Waals surface area contributed by atoms with Crippen LogP contribution in [0, 0.1) is 0 Å². The molecular weight excluding hydrogens is 322 g/mol. The van der Waals surface area contributed by atoms with Crippen LogP contribution in [0.3, 0.4) is 0 Å². The molecule has 0 aromatic heterocycles. The molecule has 0 N–H and O–H groups in total. The minimum atomic E-state index is -2.88. The lowest BCUT2D eigenvalue weighted by molar-refractivity contribution is -0.0498. The molecule has 0 aliphatic carbocycles. The van der Waals surface area contributed by atoms with Crippen molar-refractivity contribution in [2.24, 2.45) is 0 Å². The van der Waals surface area contributed by atoms with E-state index in [1.165, 1.54) is 18.2 Å². The Morgan fingerprint density at radius 3 is 2.74 bits per heavy atom. The van der Waals surface area contributed by atoms with Crippen LogP contribution in [-0.4, -0.2) is 24.5 Å². The molecule has 1 aromatic carbocycles. The highest BCUT2D eigenvalue weighted by molar-refractivity contribution is 9.09. The lowest BCUT2D eigenvalue weighted by atomic mass is 10.0. The first-order valence-corrected chi connectivity index (χ1v) is 7.01. The van der Waals surface area contributed by atoms with E-state index in [-0.39, 0.29) is 12.4 Å². The van der Waals surface area contributed by atoms with Gasteiger partial charge >= 0.3 is 12.6 Å². The van der Waals surface area contributed by atoms with Gasteiger partial charge in [0.1, 0.15) is 5.75 Å². The van der Waals surface area contributed by atoms with Gasteiger partial charge in [-0.15, -0.1) is 0 Å². The molecule has 0 atom stereocenters. The number of halogens is 3. The fraction of sp³-hybridized carbons (Fsp3) is 0.462. The zero-order valence-corrected chi connectivity index (χ0v) is 12.1. The van der Waals surface area contributed by atoms with Crippen molar-refractivity contribution in [1.82, 2.24) is 0 Å². The molecule has 0 heterocycles. The van der Waals surface area contributed by atoms with E-state index in [0.29, 0.717) is 17.5 Å². The van der Waals surface area contributed by atoms with Gasteiger partial charge in [-0.3, -0.25) is 0 Å². The predicted octanol–water partition coefficient (Wildman–Crippen LogP) is 3.79. The van der Waals surface area contributed by atoms with Crippen LogP contribution in [-0.2, 0) is 11.2 Å². The monoisotopic (exact) mass is 336 g/mol. The summed E-state index contributed by atoms with van der Waals surface area (Å²) in [5, 5.41) is 0.759. The van der Waals surface area contributed by atoms with Crippen LogP contribution in [0.2, 0.25) is 0 Å². The summed E-state index contributed by atoms with van der Waals surface area (Å²) < 4.78 is 33.6. The minimum Gasteiger partial charge on any atom is -0.462 e. The molecule has 0 saturated carbocycles. The van der Waals surface area contributed by atoms with Gasteiger partial charge in [-0.25, -0.2) is 4.79 Å². The van der Waals surface area contributed by atoms with Gasteiger partial charge in [0, 0.05) is 5.33 Å². The molecule has 0 amide bonds. The first-order chi connectivity index (χ1) is 9.08. The molecular formula is C13H15BrF2O3. The zero-order valence-electron chi connectivity index (χ0n) is 10.5. The number of hydrogen-bond acceptors (Lipinski definition) is 3. The highest BCUT2D eigenvalue weighted by Gasteiger charge is 2.14. The first-order valence-electron chi connectivity index (χ1n) is 5.89. The fourth-order valence-corrected chi connectivity index (χ4v) is 1.90. The Labute approximate surface area is 119 Å². The van der Waals surface area contributed by atoms with E-state index >= 15 is 0 Å². The quantitative estimate of drug-likeness (QED) is 0.561. The Bertz CT molecular complexity index is 424. The second kappa shape index (κ2) is 8.09. The number of carbonyl (C=O) groups is 1. The van der Waals surface area contributed by atoms with Crippen LogP contribution in [0.25, 0.3) is 0 Å². The topological polar surface area (TPSA) is 35.5 Å². The highest BCUT2D eigenvalue weighted by Crippen LogP contribution is 2.22. The normalized spacial score (nSPS) is 10.6. The van der Waals surface area contributed by atoms with Crippen molar-refractivity contribution in [3.63, 3.8) is 0 Å². The minimum absolute atomic E-state index is 0.0487. The summed E-state index contributed by atoms with van der Waals surface area (Å²) in [5.41, 5.74) is 1.04. The fourth-order valence-electron chi connectivity index (χ4n) is 1.62. The first kappa shape index (κ1) is 15.9. The van der Waals surface area contributed by atoms with Gasteiger partial charge < -0.3 is 9.47 Å². The van der Waals surface area contributed by atoms with Crippen LogP contribution in [0.5, 0.6) is 5.75 Å². The molecule has 106 valence electrons. The lowest BCUT2D eigenvalue weighted by Crippen LogP contribution is -2.09. The van der Waals surface area contributed by atoms with Crippen molar-refractivity contribution in [3.05, 3.63) is 29.3 Å². The van der Waals surface area contributed by atoms with E-state index in [9.17, 15) is 13.6 Å². The second-order valence-electron chi connectivity index (χ2n) is 3.71. The standard InChI is InChI=1S/C13H15BrF2O3/c1-2-18-12(17)11-6-5-10(19-13(15)16)8-9(11)4-3-7-14/h5-6,8,13H,2-4,7H2,1H3. The van der Waals surface area contributed by atoms with Crippen LogP contribution < -0.4 is 4.74 Å². The smallest absolute Gasteiger partial charge is 0.387 e. The molecule has 1 aromatic rings. The maximum atomic E-state index is 12.2. The van der Waals surface area contributed by atoms with E-state index < -0.39 is 12.6 Å². The third kappa shape index (κ3) is 5.14. The molecule has 0 aliphatic rings. The summed E-state index contributed by atoms with van der Waals surface area (Å²) in [4.78, 5) is 11.7. The van der Waals surface area contributed by atoms with Gasteiger partial charge in [0.15, 0.2) is 0 Å². The lowest BCUT2D eigenvalue weighted by Gasteiger charge is -2.11. The number of benzene rings is 1. The molecule has 0 saturated heterocycles. The van der Waals surface area contributed by atoms with Crippen LogP contribution in [0.15, 0.2) is 18.2 Å². The summed E-state index contributed by atoms with van der Waals surface area (Å²) in [7, 11) is 0. The van der Waals surface area contributed by atoms with Crippen molar-refractivity contribution in [2.45, 2.75) is 26.4 Å². The number of carbonyl (C=O) groups excluding carboxylic acids is 1. The van der Waals surface area contributed by atoms with Crippen molar-refractivity contribution in [3.8, 4) is 5.75 Å². The number of aryl methyl sites for hydroxylation is 1. The molecule has 0 bridgehead atoms. The summed E-state index contributed by atoms with van der Waals surface area (Å²) in [6.45, 7) is -0.895. The third-order valence-electron chi connectivity index (χ3n) is 2.38. The van der Waals surface area contributed by atoms with E-state index in [1.54, 1.807) is 6.92 Å². The Kier molecular flexibility index (Phi) is 6.77. The van der Waals surface area contributed by atoms with E-state index in [4.69, 9.17) is 4.74 Å². The SMILES string of the molecule is CCOC(=O)c1ccc(OC(F)F)cc1CCCBr. The molecule has 3 nitrogen and oxygen atoms in total.